The van der Waals surface area contributed by atoms with Crippen LogP contribution in [0.25, 0.3) is 10.9 Å². The second kappa shape index (κ2) is 18.4. The second-order valence-electron chi connectivity index (χ2n) is 13.8. The van der Waals surface area contributed by atoms with Gasteiger partial charge in [-0.15, -0.1) is 0 Å². The van der Waals surface area contributed by atoms with Crippen molar-refractivity contribution in [3.8, 4) is 0 Å². The number of nitrogens with one attached hydrogen (secondary N) is 5. The number of anilines is 4. The number of nitrogens with zero attached hydrogens (tertiary/aromatic N) is 4. The predicted octanol–water partition coefficient (Wildman–Crippen LogP) is 2.82. The molecule has 18 heteroatoms. The first kappa shape index (κ1) is 39.4. The van der Waals surface area contributed by atoms with Gasteiger partial charge in [0.05, 0.1) is 63.0 Å². The van der Waals surface area contributed by atoms with Crippen LogP contribution in [0.15, 0.2) is 61.1 Å². The van der Waals surface area contributed by atoms with Gasteiger partial charge >= 0.3 is 0 Å². The molecular weight excluding hydrogens is 741 g/mol. The monoisotopic (exact) mass is 785 g/mol. The van der Waals surface area contributed by atoms with Gasteiger partial charge in [-0.1, -0.05) is 6.07 Å². The highest BCUT2D eigenvalue weighted by Gasteiger charge is 2.45. The topological polar surface area (TPSA) is 218 Å². The van der Waals surface area contributed by atoms with E-state index in [0.717, 1.165) is 28.6 Å². The molecule has 1 aliphatic carbocycles. The van der Waals surface area contributed by atoms with Crippen LogP contribution in [-0.2, 0) is 23.8 Å². The van der Waals surface area contributed by atoms with Crippen LogP contribution in [0.1, 0.15) is 58.2 Å². The number of hydrogen-bond acceptors (Lipinski definition) is 14. The smallest absolute Gasteiger partial charge is 0.257 e. The van der Waals surface area contributed by atoms with E-state index in [1.165, 1.54) is 6.20 Å². The summed E-state index contributed by atoms with van der Waals surface area (Å²) in [6.45, 7) is 1.16. The van der Waals surface area contributed by atoms with Crippen molar-refractivity contribution in [2.75, 3.05) is 68.7 Å². The molecule has 1 aromatic carbocycles. The fraction of sp³-hybridized carbons (Fsp3) is 0.410. The molecule has 7 rings (SSSR count). The summed E-state index contributed by atoms with van der Waals surface area (Å²) in [5, 5.41) is 26.5. The van der Waals surface area contributed by atoms with Crippen molar-refractivity contribution in [3.05, 3.63) is 77.7 Å². The molecule has 1 saturated heterocycles. The molecule has 2 fully saturated rings. The minimum absolute atomic E-state index is 0.0846. The summed E-state index contributed by atoms with van der Waals surface area (Å²) in [5.41, 5.74) is 2.88. The standard InChI is InChI=1S/C39H44FN9O8/c40-24(20-44-36(51)27-21-43-33(18-30(27)45-25-5-6-25)47-32-8-4-23-19-41-11-10-28(23)46-32)22-57-17-16-56-15-14-55-13-12-42-29-3-1-2-26-35(29)39(54)49(38(26)53)31-7-9-34(50)48-37(31)52/h1-4,8,10-11,18-19,21,24-25,31,39,42,54H,5-7,9,12-17,20,22H2,(H,44,51)(H,48,50,52)(H2,43,45,46,47). The van der Waals surface area contributed by atoms with Crippen LogP contribution >= 0.6 is 0 Å². The highest BCUT2D eigenvalue weighted by Crippen LogP contribution is 2.39. The van der Waals surface area contributed by atoms with Crippen molar-refractivity contribution in [3.63, 3.8) is 0 Å². The third-order valence-electron chi connectivity index (χ3n) is 9.56. The first-order valence-corrected chi connectivity index (χ1v) is 18.9. The summed E-state index contributed by atoms with van der Waals surface area (Å²) in [4.78, 5) is 64.2. The van der Waals surface area contributed by atoms with Crippen molar-refractivity contribution in [2.45, 2.75) is 50.2 Å². The Hall–Kier alpha value is -5.82. The molecule has 4 aromatic rings. The molecule has 1 saturated carbocycles. The van der Waals surface area contributed by atoms with Crippen molar-refractivity contribution in [1.29, 1.82) is 0 Å². The lowest BCUT2D eigenvalue weighted by Gasteiger charge is -2.32. The Labute approximate surface area is 327 Å². The van der Waals surface area contributed by atoms with E-state index in [2.05, 4.69) is 41.5 Å². The van der Waals surface area contributed by atoms with Gasteiger partial charge in [-0.25, -0.2) is 14.4 Å². The number of carbonyl (C=O) groups excluding carboxylic acids is 4. The number of benzene rings is 1. The van der Waals surface area contributed by atoms with Gasteiger partial charge in [0.2, 0.25) is 11.8 Å². The lowest BCUT2D eigenvalue weighted by molar-refractivity contribution is -0.139. The SMILES string of the molecule is O=C1CCC(N2C(=O)c3cccc(NCCOCCOCCOCC(F)CNC(=O)c4cnc(Nc5ccc6cnccc6n5)cc4NC4CC4)c3C2O)C(=O)N1. The zero-order chi connectivity index (χ0) is 39.7. The molecule has 57 heavy (non-hydrogen) atoms. The number of halogens is 1. The summed E-state index contributed by atoms with van der Waals surface area (Å²) in [6.07, 6.45) is 4.31. The van der Waals surface area contributed by atoms with Gasteiger partial charge in [0.15, 0.2) is 6.23 Å². The fourth-order valence-corrected chi connectivity index (χ4v) is 6.54. The number of piperidine rings is 1. The Morgan fingerprint density at radius 1 is 0.965 bits per heavy atom. The van der Waals surface area contributed by atoms with E-state index in [0.29, 0.717) is 53.9 Å². The summed E-state index contributed by atoms with van der Waals surface area (Å²) >= 11 is 0. The molecule has 0 spiro atoms. The van der Waals surface area contributed by atoms with Gasteiger partial charge in [-0.3, -0.25) is 34.4 Å². The Balaban J connectivity index is 0.759. The van der Waals surface area contributed by atoms with E-state index in [1.807, 2.05) is 18.2 Å². The quantitative estimate of drug-likeness (QED) is 0.0561. The van der Waals surface area contributed by atoms with Crippen LogP contribution in [-0.4, -0.2) is 120 Å². The van der Waals surface area contributed by atoms with Gasteiger partial charge < -0.3 is 40.6 Å². The number of rotatable bonds is 20. The van der Waals surface area contributed by atoms with Crippen LogP contribution in [0.4, 0.5) is 27.4 Å². The summed E-state index contributed by atoms with van der Waals surface area (Å²) in [6, 6.07) is 11.6. The molecule has 0 bridgehead atoms. The Kier molecular flexibility index (Phi) is 12.7. The third kappa shape index (κ3) is 9.95. The van der Waals surface area contributed by atoms with Crippen molar-refractivity contribution in [1.82, 2.24) is 30.5 Å². The molecule has 3 aromatic heterocycles. The minimum Gasteiger partial charge on any atom is -0.382 e. The Bertz CT molecular complexity index is 2100. The van der Waals surface area contributed by atoms with Crippen LogP contribution in [0.3, 0.4) is 0 Å². The van der Waals surface area contributed by atoms with Crippen LogP contribution in [0.2, 0.25) is 0 Å². The number of aromatic nitrogens is 3. The molecular formula is C39H44FN9O8. The fourth-order valence-electron chi connectivity index (χ4n) is 6.54. The highest BCUT2D eigenvalue weighted by atomic mass is 19.1. The number of carbonyl (C=O) groups is 4. The number of hydrogen-bond donors (Lipinski definition) is 6. The number of pyridine rings is 3. The van der Waals surface area contributed by atoms with E-state index in [9.17, 15) is 28.7 Å². The number of imide groups is 1. The van der Waals surface area contributed by atoms with Gasteiger partial charge in [0, 0.05) is 65.9 Å². The van der Waals surface area contributed by atoms with Gasteiger partial charge in [-0.05, 0) is 49.6 Å². The lowest BCUT2D eigenvalue weighted by Crippen LogP contribution is -2.53. The van der Waals surface area contributed by atoms with Crippen LogP contribution in [0, 0.1) is 0 Å². The number of alkyl halides is 1. The molecule has 3 unspecified atom stereocenters. The summed E-state index contributed by atoms with van der Waals surface area (Å²) < 4.78 is 31.1. The number of fused-ring (bicyclic) bond motifs is 2. The van der Waals surface area contributed by atoms with E-state index >= 15 is 0 Å². The lowest BCUT2D eigenvalue weighted by atomic mass is 10.0. The molecule has 0 radical (unpaired) electrons. The maximum absolute atomic E-state index is 14.6. The van der Waals surface area contributed by atoms with Crippen molar-refractivity contribution < 1.29 is 42.9 Å². The summed E-state index contributed by atoms with van der Waals surface area (Å²) in [5.74, 6) is -0.835. The van der Waals surface area contributed by atoms with Crippen molar-refractivity contribution in [2.24, 2.45) is 0 Å². The zero-order valence-corrected chi connectivity index (χ0v) is 31.0. The molecule has 2 aliphatic heterocycles. The third-order valence-corrected chi connectivity index (χ3v) is 9.56. The average Bonchev–Trinajstić information content (AvgIpc) is 3.99. The highest BCUT2D eigenvalue weighted by molar-refractivity contribution is 6.06. The van der Waals surface area contributed by atoms with Crippen LogP contribution in [0.5, 0.6) is 0 Å². The van der Waals surface area contributed by atoms with Gasteiger partial charge in [-0.2, -0.15) is 0 Å². The summed E-state index contributed by atoms with van der Waals surface area (Å²) in [7, 11) is 0. The number of amides is 4. The second-order valence-corrected chi connectivity index (χ2v) is 13.8. The molecule has 17 nitrogen and oxygen atoms in total. The molecule has 6 N–H and O–H groups in total. The molecule has 4 amide bonds. The van der Waals surface area contributed by atoms with E-state index < -0.39 is 42.1 Å². The first-order chi connectivity index (χ1) is 27.7. The molecule has 3 aliphatic rings. The maximum atomic E-state index is 14.6. The van der Waals surface area contributed by atoms with E-state index in [4.69, 9.17) is 14.2 Å². The van der Waals surface area contributed by atoms with Gasteiger partial charge in [0.1, 0.15) is 23.8 Å². The van der Waals surface area contributed by atoms with Crippen molar-refractivity contribution >= 4 is 57.5 Å². The number of aliphatic hydroxyl groups excluding tert-OH is 1. The Morgan fingerprint density at radius 3 is 2.58 bits per heavy atom. The average molecular weight is 786 g/mol. The van der Waals surface area contributed by atoms with E-state index in [1.54, 1.807) is 36.7 Å². The predicted molar refractivity (Wildman–Crippen MR) is 206 cm³/mol. The number of ether oxygens (including phenoxy) is 3. The van der Waals surface area contributed by atoms with Crippen LogP contribution < -0.4 is 26.6 Å². The van der Waals surface area contributed by atoms with E-state index in [-0.39, 0.29) is 57.4 Å². The normalized spacial score (nSPS) is 18.3. The maximum Gasteiger partial charge on any atom is 0.257 e. The largest absolute Gasteiger partial charge is 0.382 e. The first-order valence-electron chi connectivity index (χ1n) is 18.9. The Morgan fingerprint density at radius 2 is 1.77 bits per heavy atom. The zero-order valence-electron chi connectivity index (χ0n) is 31.0. The number of aliphatic hydroxyl groups is 1. The molecule has 3 atom stereocenters. The molecule has 300 valence electrons. The van der Waals surface area contributed by atoms with Gasteiger partial charge in [0.25, 0.3) is 11.8 Å². The molecule has 5 heterocycles. The minimum atomic E-state index is -1.43.